The number of aromatic nitrogens is 3. The second kappa shape index (κ2) is 7.20. The van der Waals surface area contributed by atoms with Crippen molar-refractivity contribution in [3.63, 3.8) is 0 Å². The van der Waals surface area contributed by atoms with Gasteiger partial charge in [-0.3, -0.25) is 4.79 Å². The zero-order valence-corrected chi connectivity index (χ0v) is 11.1. The Hall–Kier alpha value is -2.47. The number of anilines is 1. The highest BCUT2D eigenvalue weighted by Gasteiger charge is 2.02. The molecule has 20 heavy (non-hydrogen) atoms. The molecule has 0 spiro atoms. The van der Waals surface area contributed by atoms with Gasteiger partial charge in [0.1, 0.15) is 12.7 Å². The lowest BCUT2D eigenvalue weighted by Crippen LogP contribution is -2.28. The minimum absolute atomic E-state index is 0.0789. The monoisotopic (exact) mass is 271 g/mol. The summed E-state index contributed by atoms with van der Waals surface area (Å²) in [6, 6.07) is 7.66. The Morgan fingerprint density at radius 1 is 1.45 bits per heavy atom. The van der Waals surface area contributed by atoms with Gasteiger partial charge in [-0.1, -0.05) is 18.2 Å². The molecule has 2 rings (SSSR count). The number of nitrogens with zero attached hydrogens (tertiary/aromatic N) is 3. The van der Waals surface area contributed by atoms with E-state index in [0.29, 0.717) is 13.1 Å². The molecule has 1 aromatic heterocycles. The average molecular weight is 271 g/mol. The highest BCUT2D eigenvalue weighted by atomic mass is 16.1. The third-order valence-corrected chi connectivity index (χ3v) is 2.60. The molecule has 2 aromatic rings. The molecule has 0 aliphatic heterocycles. The number of nitrogens with one attached hydrogen (secondary N) is 2. The summed E-state index contributed by atoms with van der Waals surface area (Å²) in [6.07, 6.45) is 4.87. The van der Waals surface area contributed by atoms with Gasteiger partial charge in [0.25, 0.3) is 0 Å². The molecule has 1 heterocycles. The van der Waals surface area contributed by atoms with Gasteiger partial charge < -0.3 is 10.6 Å². The minimum Gasteiger partial charge on any atom is -0.325 e. The molecule has 0 unspecified atom stereocenters. The first-order valence-corrected chi connectivity index (χ1v) is 6.31. The summed E-state index contributed by atoms with van der Waals surface area (Å²) in [7, 11) is 0. The van der Waals surface area contributed by atoms with Crippen LogP contribution in [0.1, 0.15) is 5.56 Å². The highest BCUT2D eigenvalue weighted by Crippen LogP contribution is 2.11. The van der Waals surface area contributed by atoms with Gasteiger partial charge in [0.05, 0.1) is 13.1 Å². The third-order valence-electron chi connectivity index (χ3n) is 2.60. The molecule has 0 radical (unpaired) electrons. The maximum atomic E-state index is 11.7. The second-order valence-electron chi connectivity index (χ2n) is 4.26. The van der Waals surface area contributed by atoms with E-state index in [9.17, 15) is 4.79 Å². The molecule has 0 aliphatic rings. The Kier molecular flexibility index (Phi) is 5.02. The van der Waals surface area contributed by atoms with Gasteiger partial charge in [0.2, 0.25) is 5.91 Å². The van der Waals surface area contributed by atoms with Crippen LogP contribution < -0.4 is 10.6 Å². The quantitative estimate of drug-likeness (QED) is 0.583. The van der Waals surface area contributed by atoms with Crippen molar-refractivity contribution in [3.05, 3.63) is 55.1 Å². The first-order chi connectivity index (χ1) is 9.78. The van der Waals surface area contributed by atoms with E-state index in [1.165, 1.54) is 6.33 Å². The van der Waals surface area contributed by atoms with Crippen LogP contribution in [0.2, 0.25) is 0 Å². The van der Waals surface area contributed by atoms with Crippen molar-refractivity contribution < 1.29 is 4.79 Å². The van der Waals surface area contributed by atoms with Gasteiger partial charge in [-0.25, -0.2) is 9.67 Å². The molecule has 0 fully saturated rings. The van der Waals surface area contributed by atoms with E-state index >= 15 is 0 Å². The Labute approximate surface area is 117 Å². The van der Waals surface area contributed by atoms with Crippen LogP contribution in [0.4, 0.5) is 5.69 Å². The Balaban J connectivity index is 1.92. The van der Waals surface area contributed by atoms with Crippen molar-refractivity contribution in [1.29, 1.82) is 0 Å². The normalized spacial score (nSPS) is 10.2. The summed E-state index contributed by atoms with van der Waals surface area (Å²) in [4.78, 5) is 15.6. The van der Waals surface area contributed by atoms with E-state index in [0.717, 1.165) is 11.3 Å². The molecular weight excluding hydrogens is 254 g/mol. The first kappa shape index (κ1) is 14.0. The summed E-state index contributed by atoms with van der Waals surface area (Å²) in [6.45, 7) is 5.08. The van der Waals surface area contributed by atoms with E-state index in [4.69, 9.17) is 0 Å². The average Bonchev–Trinajstić information content (AvgIpc) is 2.92. The van der Waals surface area contributed by atoms with Crippen LogP contribution in [0, 0.1) is 0 Å². The van der Waals surface area contributed by atoms with Crippen molar-refractivity contribution in [1.82, 2.24) is 20.1 Å². The molecule has 0 atom stereocenters. The van der Waals surface area contributed by atoms with Gasteiger partial charge in [0, 0.05) is 12.2 Å². The predicted molar refractivity (Wildman–Crippen MR) is 77.3 cm³/mol. The number of carbonyl (C=O) groups excluding carboxylic acids is 1. The zero-order chi connectivity index (χ0) is 14.2. The highest BCUT2D eigenvalue weighted by molar-refractivity contribution is 5.92. The lowest BCUT2D eigenvalue weighted by Gasteiger charge is -2.08. The SMILES string of the molecule is C=CCNCC(=O)Nc1cccc(Cn2cncn2)c1. The van der Waals surface area contributed by atoms with E-state index < -0.39 is 0 Å². The predicted octanol–water partition coefficient (Wildman–Crippen LogP) is 1.04. The number of benzene rings is 1. The minimum atomic E-state index is -0.0789. The van der Waals surface area contributed by atoms with Gasteiger partial charge in [-0.05, 0) is 17.7 Å². The van der Waals surface area contributed by atoms with Crippen molar-refractivity contribution in [2.75, 3.05) is 18.4 Å². The maximum absolute atomic E-state index is 11.7. The largest absolute Gasteiger partial charge is 0.325 e. The third kappa shape index (κ3) is 4.33. The molecule has 2 N–H and O–H groups in total. The van der Waals surface area contributed by atoms with Crippen LogP contribution in [0.25, 0.3) is 0 Å². The van der Waals surface area contributed by atoms with Crippen LogP contribution in [-0.2, 0) is 11.3 Å². The van der Waals surface area contributed by atoms with Gasteiger partial charge >= 0.3 is 0 Å². The van der Waals surface area contributed by atoms with Crippen molar-refractivity contribution in [2.45, 2.75) is 6.54 Å². The van der Waals surface area contributed by atoms with Gasteiger partial charge in [-0.15, -0.1) is 6.58 Å². The Bertz CT molecular complexity index is 565. The Morgan fingerprint density at radius 3 is 3.10 bits per heavy atom. The van der Waals surface area contributed by atoms with Gasteiger partial charge in [-0.2, -0.15) is 5.10 Å². The number of amides is 1. The fourth-order valence-corrected chi connectivity index (χ4v) is 1.74. The molecule has 1 aromatic carbocycles. The lowest BCUT2D eigenvalue weighted by molar-refractivity contribution is -0.115. The standard InChI is InChI=1S/C14H17N5O/c1-2-6-15-8-14(20)18-13-5-3-4-12(7-13)9-19-11-16-10-17-19/h2-5,7,10-11,15H,1,6,8-9H2,(H,18,20). The van der Waals surface area contributed by atoms with E-state index in [1.807, 2.05) is 24.3 Å². The lowest BCUT2D eigenvalue weighted by atomic mass is 10.2. The maximum Gasteiger partial charge on any atom is 0.238 e. The number of hydrogen-bond donors (Lipinski definition) is 2. The number of carbonyl (C=O) groups is 1. The van der Waals surface area contributed by atoms with E-state index in [2.05, 4.69) is 27.3 Å². The molecule has 104 valence electrons. The van der Waals surface area contributed by atoms with Crippen LogP contribution in [0.3, 0.4) is 0 Å². The molecular formula is C14H17N5O. The number of rotatable bonds is 7. The summed E-state index contributed by atoms with van der Waals surface area (Å²) in [5.74, 6) is -0.0789. The van der Waals surface area contributed by atoms with Gasteiger partial charge in [0.15, 0.2) is 0 Å². The second-order valence-corrected chi connectivity index (χ2v) is 4.26. The van der Waals surface area contributed by atoms with Crippen molar-refractivity contribution in [3.8, 4) is 0 Å². The molecule has 1 amide bonds. The first-order valence-electron chi connectivity index (χ1n) is 6.31. The van der Waals surface area contributed by atoms with Crippen LogP contribution in [0.5, 0.6) is 0 Å². The molecule has 0 saturated heterocycles. The fourth-order valence-electron chi connectivity index (χ4n) is 1.74. The fraction of sp³-hybridized carbons (Fsp3) is 0.214. The Morgan fingerprint density at radius 2 is 2.35 bits per heavy atom. The zero-order valence-electron chi connectivity index (χ0n) is 11.1. The van der Waals surface area contributed by atoms with E-state index in [-0.39, 0.29) is 12.5 Å². The molecule has 6 nitrogen and oxygen atoms in total. The van der Waals surface area contributed by atoms with Crippen molar-refractivity contribution in [2.24, 2.45) is 0 Å². The van der Waals surface area contributed by atoms with Crippen molar-refractivity contribution >= 4 is 11.6 Å². The number of hydrogen-bond acceptors (Lipinski definition) is 4. The van der Waals surface area contributed by atoms with Crippen LogP contribution >= 0.6 is 0 Å². The smallest absolute Gasteiger partial charge is 0.238 e. The molecule has 0 aliphatic carbocycles. The topological polar surface area (TPSA) is 71.8 Å². The summed E-state index contributed by atoms with van der Waals surface area (Å²) >= 11 is 0. The van der Waals surface area contributed by atoms with E-state index in [1.54, 1.807) is 17.1 Å². The summed E-state index contributed by atoms with van der Waals surface area (Å²) < 4.78 is 1.73. The molecule has 0 bridgehead atoms. The molecule has 0 saturated carbocycles. The van der Waals surface area contributed by atoms with Crippen LogP contribution in [0.15, 0.2) is 49.6 Å². The summed E-state index contributed by atoms with van der Waals surface area (Å²) in [5.41, 5.74) is 1.82. The molecule has 6 heteroatoms. The summed E-state index contributed by atoms with van der Waals surface area (Å²) in [5, 5.41) is 9.84. The van der Waals surface area contributed by atoms with Crippen LogP contribution in [-0.4, -0.2) is 33.8 Å².